The van der Waals surface area contributed by atoms with Gasteiger partial charge in [0, 0.05) is 19.4 Å². The van der Waals surface area contributed by atoms with Gasteiger partial charge in [0.1, 0.15) is 0 Å². The average molecular weight is 362 g/mol. The van der Waals surface area contributed by atoms with Crippen molar-refractivity contribution in [2.75, 3.05) is 11.1 Å². The van der Waals surface area contributed by atoms with E-state index in [-0.39, 0.29) is 17.2 Å². The minimum Gasteiger partial charge on any atom is -0.449 e. The van der Waals surface area contributed by atoms with Gasteiger partial charge in [-0.15, -0.1) is 0 Å². The Hall–Kier alpha value is -2.81. The number of benzene rings is 1. The topological polar surface area (TPSA) is 116 Å². The van der Waals surface area contributed by atoms with Crippen molar-refractivity contribution in [3.05, 3.63) is 42.2 Å². The Balaban J connectivity index is 2.02. The fourth-order valence-electron chi connectivity index (χ4n) is 1.86. The number of carbonyl (C=O) groups excluding carboxylic acids is 3. The molecule has 0 spiro atoms. The number of nitrogens with zero attached hydrogens (tertiary/aromatic N) is 2. The first-order chi connectivity index (χ1) is 11.9. The lowest BCUT2D eigenvalue weighted by molar-refractivity contribution is -0.125. The van der Waals surface area contributed by atoms with Crippen LogP contribution in [0.1, 0.15) is 17.3 Å². The van der Waals surface area contributed by atoms with Gasteiger partial charge < -0.3 is 20.4 Å². The summed E-state index contributed by atoms with van der Waals surface area (Å²) in [6.45, 7) is 1.38. The van der Waals surface area contributed by atoms with E-state index in [0.29, 0.717) is 10.8 Å². The number of imidazole rings is 1. The average Bonchev–Trinajstić information content (AvgIpc) is 2.98. The molecule has 0 unspecified atom stereocenters. The quantitative estimate of drug-likeness (QED) is 0.564. The van der Waals surface area contributed by atoms with E-state index in [9.17, 15) is 14.4 Å². The molecule has 2 aromatic rings. The molecule has 0 fully saturated rings. The monoisotopic (exact) mass is 362 g/mol. The second kappa shape index (κ2) is 8.34. The first kappa shape index (κ1) is 18.5. The number of primary amides is 1. The van der Waals surface area contributed by atoms with Crippen molar-refractivity contribution in [1.29, 1.82) is 0 Å². The molecule has 1 aromatic heterocycles. The molecule has 0 bridgehead atoms. The van der Waals surface area contributed by atoms with Gasteiger partial charge in [-0.2, -0.15) is 0 Å². The van der Waals surface area contributed by atoms with Crippen molar-refractivity contribution in [3.8, 4) is 0 Å². The number of hydrogen-bond acceptors (Lipinski definition) is 6. The Morgan fingerprint density at radius 1 is 1.36 bits per heavy atom. The zero-order chi connectivity index (χ0) is 18.4. The number of para-hydroxylation sites is 1. The lowest BCUT2D eigenvalue weighted by atomic mass is 10.1. The van der Waals surface area contributed by atoms with Gasteiger partial charge in [-0.25, -0.2) is 9.78 Å². The molecule has 132 valence electrons. The van der Waals surface area contributed by atoms with E-state index in [1.54, 1.807) is 35.2 Å². The number of esters is 1. The molecule has 1 atom stereocenters. The smallest absolute Gasteiger partial charge is 0.341 e. The third kappa shape index (κ3) is 5.08. The van der Waals surface area contributed by atoms with Crippen molar-refractivity contribution in [1.82, 2.24) is 9.55 Å². The zero-order valence-electron chi connectivity index (χ0n) is 13.8. The van der Waals surface area contributed by atoms with Crippen LogP contribution in [0.2, 0.25) is 0 Å². The summed E-state index contributed by atoms with van der Waals surface area (Å²) >= 11 is 1.27. The van der Waals surface area contributed by atoms with Crippen LogP contribution in [-0.2, 0) is 21.4 Å². The summed E-state index contributed by atoms with van der Waals surface area (Å²) in [7, 11) is 1.83. The Labute approximate surface area is 148 Å². The molecular weight excluding hydrogens is 344 g/mol. The van der Waals surface area contributed by atoms with Crippen molar-refractivity contribution in [3.63, 3.8) is 0 Å². The van der Waals surface area contributed by atoms with Crippen molar-refractivity contribution in [2.45, 2.75) is 18.2 Å². The molecule has 0 aliphatic carbocycles. The fourth-order valence-corrected chi connectivity index (χ4v) is 2.59. The minimum absolute atomic E-state index is 0.131. The number of nitrogens with two attached hydrogens (primary N) is 1. The number of carbonyl (C=O) groups is 3. The van der Waals surface area contributed by atoms with Gasteiger partial charge in [-0.05, 0) is 19.1 Å². The molecule has 2 rings (SSSR count). The largest absolute Gasteiger partial charge is 0.449 e. The van der Waals surface area contributed by atoms with Crippen LogP contribution >= 0.6 is 11.8 Å². The first-order valence-electron chi connectivity index (χ1n) is 7.37. The number of hydrogen-bond donors (Lipinski definition) is 2. The predicted molar refractivity (Wildman–Crippen MR) is 93.1 cm³/mol. The van der Waals surface area contributed by atoms with Crippen LogP contribution in [0.25, 0.3) is 0 Å². The summed E-state index contributed by atoms with van der Waals surface area (Å²) in [5, 5.41) is 3.37. The summed E-state index contributed by atoms with van der Waals surface area (Å²) in [5.41, 5.74) is 5.53. The maximum atomic E-state index is 12.2. The fraction of sp³-hybridized carbons (Fsp3) is 0.250. The van der Waals surface area contributed by atoms with Gasteiger partial charge in [0.05, 0.1) is 17.0 Å². The second-order valence-corrected chi connectivity index (χ2v) is 6.10. The van der Waals surface area contributed by atoms with E-state index >= 15 is 0 Å². The van der Waals surface area contributed by atoms with Gasteiger partial charge in [0.25, 0.3) is 5.91 Å². The molecule has 9 heteroatoms. The minimum atomic E-state index is -1.06. The molecule has 1 aromatic carbocycles. The number of amides is 2. The van der Waals surface area contributed by atoms with Gasteiger partial charge in [-0.1, -0.05) is 23.9 Å². The Morgan fingerprint density at radius 3 is 2.72 bits per heavy atom. The van der Waals surface area contributed by atoms with Gasteiger partial charge in [0.15, 0.2) is 11.3 Å². The molecule has 2 amide bonds. The van der Waals surface area contributed by atoms with Crippen molar-refractivity contribution in [2.24, 2.45) is 12.8 Å². The van der Waals surface area contributed by atoms with E-state index in [1.807, 2.05) is 7.05 Å². The lowest BCUT2D eigenvalue weighted by Crippen LogP contribution is -2.30. The van der Waals surface area contributed by atoms with Crippen LogP contribution in [0.15, 0.2) is 41.8 Å². The summed E-state index contributed by atoms with van der Waals surface area (Å²) < 4.78 is 6.77. The maximum absolute atomic E-state index is 12.2. The zero-order valence-corrected chi connectivity index (χ0v) is 14.6. The molecule has 25 heavy (non-hydrogen) atoms. The number of thioether (sulfide) groups is 1. The SMILES string of the molecule is C[C@@H](OC(=O)c1ccccc1NC(=O)CSc1nccn1C)C(N)=O. The van der Waals surface area contributed by atoms with E-state index in [1.165, 1.54) is 24.8 Å². The first-order valence-corrected chi connectivity index (χ1v) is 8.36. The Kier molecular flexibility index (Phi) is 6.18. The Morgan fingerprint density at radius 2 is 2.08 bits per heavy atom. The second-order valence-electron chi connectivity index (χ2n) is 5.15. The van der Waals surface area contributed by atoms with Crippen LogP contribution in [0.4, 0.5) is 5.69 Å². The van der Waals surface area contributed by atoms with Crippen molar-refractivity contribution < 1.29 is 19.1 Å². The molecule has 3 N–H and O–H groups in total. The van der Waals surface area contributed by atoms with Crippen molar-refractivity contribution >= 4 is 35.2 Å². The highest BCUT2D eigenvalue weighted by molar-refractivity contribution is 7.99. The number of aryl methyl sites for hydroxylation is 1. The standard InChI is InChI=1S/C16H18N4O4S/c1-10(14(17)22)24-15(23)11-5-3-4-6-12(11)19-13(21)9-25-16-18-7-8-20(16)2/h3-8,10H,9H2,1-2H3,(H2,17,22)(H,19,21)/t10-/m1/s1. The van der Waals surface area contributed by atoms with Gasteiger partial charge in [0.2, 0.25) is 5.91 Å². The Bertz CT molecular complexity index is 790. The third-order valence-electron chi connectivity index (χ3n) is 3.21. The number of nitrogens with one attached hydrogen (secondary N) is 1. The summed E-state index contributed by atoms with van der Waals surface area (Å²) in [4.78, 5) is 39.4. The lowest BCUT2D eigenvalue weighted by Gasteiger charge is -2.13. The molecule has 1 heterocycles. The number of rotatable bonds is 7. The highest BCUT2D eigenvalue weighted by Gasteiger charge is 2.19. The van der Waals surface area contributed by atoms with Crippen LogP contribution in [0.5, 0.6) is 0 Å². The van der Waals surface area contributed by atoms with Crippen LogP contribution < -0.4 is 11.1 Å². The highest BCUT2D eigenvalue weighted by atomic mass is 32.2. The maximum Gasteiger partial charge on any atom is 0.341 e. The summed E-state index contributed by atoms with van der Waals surface area (Å²) in [5.74, 6) is -1.65. The van der Waals surface area contributed by atoms with E-state index in [2.05, 4.69) is 10.3 Å². The molecular formula is C16H18N4O4S. The van der Waals surface area contributed by atoms with Crippen LogP contribution in [0, 0.1) is 0 Å². The summed E-state index contributed by atoms with van der Waals surface area (Å²) in [6, 6.07) is 6.38. The highest BCUT2D eigenvalue weighted by Crippen LogP contribution is 2.19. The van der Waals surface area contributed by atoms with E-state index in [0.717, 1.165) is 0 Å². The van der Waals surface area contributed by atoms with Gasteiger partial charge >= 0.3 is 5.97 Å². The number of anilines is 1. The van der Waals surface area contributed by atoms with E-state index in [4.69, 9.17) is 10.5 Å². The van der Waals surface area contributed by atoms with E-state index < -0.39 is 18.0 Å². The molecule has 0 saturated heterocycles. The summed E-state index contributed by atoms with van der Waals surface area (Å²) in [6.07, 6.45) is 2.37. The molecule has 0 aliphatic heterocycles. The molecule has 0 saturated carbocycles. The molecule has 0 radical (unpaired) electrons. The normalized spacial score (nSPS) is 11.6. The predicted octanol–water partition coefficient (Wildman–Crippen LogP) is 1.18. The molecule has 8 nitrogen and oxygen atoms in total. The number of aromatic nitrogens is 2. The van der Waals surface area contributed by atoms with Crippen LogP contribution in [0.3, 0.4) is 0 Å². The number of ether oxygens (including phenoxy) is 1. The third-order valence-corrected chi connectivity index (χ3v) is 4.27. The van der Waals surface area contributed by atoms with Gasteiger partial charge in [-0.3, -0.25) is 9.59 Å². The van der Waals surface area contributed by atoms with Crippen LogP contribution in [-0.4, -0.2) is 39.2 Å². The molecule has 0 aliphatic rings.